The van der Waals surface area contributed by atoms with Gasteiger partial charge in [-0.3, -0.25) is 19.3 Å². The minimum Gasteiger partial charge on any atom is -0.467 e. The predicted octanol–water partition coefficient (Wildman–Crippen LogP) is 1.33. The third-order valence-corrected chi connectivity index (χ3v) is 7.69. The van der Waals surface area contributed by atoms with Gasteiger partial charge in [-0.15, -0.1) is 0 Å². The second-order valence-electron chi connectivity index (χ2n) is 10.7. The predicted molar refractivity (Wildman–Crippen MR) is 153 cm³/mol. The first kappa shape index (κ1) is 30.2. The number of rotatable bonds is 12. The number of benzene rings is 2. The van der Waals surface area contributed by atoms with Crippen molar-refractivity contribution in [3.8, 4) is 0 Å². The summed E-state index contributed by atoms with van der Waals surface area (Å²) in [5.74, 6) is -1.50. The number of ether oxygens (including phenoxy) is 2. The molecule has 2 aromatic rings. The van der Waals surface area contributed by atoms with E-state index in [9.17, 15) is 19.2 Å². The molecule has 10 heteroatoms. The minimum atomic E-state index is -0.818. The van der Waals surface area contributed by atoms with Crippen molar-refractivity contribution in [3.05, 3.63) is 71.8 Å². The van der Waals surface area contributed by atoms with Gasteiger partial charge in [0.25, 0.3) is 0 Å². The first-order valence-corrected chi connectivity index (χ1v) is 14.2. The average molecular weight is 565 g/mol. The number of hydrogen-bond donors (Lipinski definition) is 2. The van der Waals surface area contributed by atoms with Crippen molar-refractivity contribution in [2.75, 3.05) is 40.0 Å². The summed E-state index contributed by atoms with van der Waals surface area (Å²) in [6.45, 7) is 4.49. The monoisotopic (exact) mass is 564 g/mol. The third kappa shape index (κ3) is 8.37. The van der Waals surface area contributed by atoms with Gasteiger partial charge in [-0.25, -0.2) is 4.79 Å². The molecule has 4 atom stereocenters. The maximum absolute atomic E-state index is 13.6. The number of methoxy groups -OCH3 is 1. The number of hydrogen-bond acceptors (Lipinski definition) is 7. The lowest BCUT2D eigenvalue weighted by Crippen LogP contribution is -2.54. The highest BCUT2D eigenvalue weighted by atomic mass is 16.5. The Morgan fingerprint density at radius 2 is 1.63 bits per heavy atom. The van der Waals surface area contributed by atoms with Gasteiger partial charge >= 0.3 is 5.97 Å². The maximum atomic E-state index is 13.6. The molecular formula is C31H40N4O6. The van der Waals surface area contributed by atoms with Crippen LogP contribution in [0.3, 0.4) is 0 Å². The number of morpholine rings is 1. The fourth-order valence-corrected chi connectivity index (χ4v) is 5.50. The van der Waals surface area contributed by atoms with Crippen molar-refractivity contribution >= 4 is 23.7 Å². The summed E-state index contributed by atoms with van der Waals surface area (Å²) in [6.07, 6.45) is 1.62. The fourth-order valence-electron chi connectivity index (χ4n) is 5.50. The van der Waals surface area contributed by atoms with Crippen molar-refractivity contribution in [1.29, 1.82) is 0 Å². The standard InChI is InChI=1S/C31H40N4O6/c1-22-19-26(30(38)35(22)27(31(39)40-2)20-24-11-7-4-8-12-24)33-29(37)25(14-13-23-9-5-3-6-10-23)32-28(36)21-34-15-17-41-18-16-34/h3-12,22,25-27H,13-21H2,1-2H3,(H,32,36)(H,33,37)/t22?,25-,26?,27-/m0/s1. The van der Waals surface area contributed by atoms with E-state index in [-0.39, 0.29) is 24.4 Å². The molecule has 0 aliphatic carbocycles. The topological polar surface area (TPSA) is 117 Å². The Labute approximate surface area is 241 Å². The van der Waals surface area contributed by atoms with Gasteiger partial charge in [0.1, 0.15) is 18.1 Å². The molecule has 0 saturated carbocycles. The Balaban J connectivity index is 1.44. The van der Waals surface area contributed by atoms with Crippen molar-refractivity contribution in [1.82, 2.24) is 20.4 Å². The number of likely N-dealkylation sites (tertiary alicyclic amines) is 1. The first-order chi connectivity index (χ1) is 19.9. The van der Waals surface area contributed by atoms with Crippen molar-refractivity contribution in [2.45, 2.75) is 56.8 Å². The highest BCUT2D eigenvalue weighted by molar-refractivity contribution is 5.95. The molecule has 4 rings (SSSR count). The molecule has 0 bridgehead atoms. The van der Waals surface area contributed by atoms with Crippen LogP contribution in [0.2, 0.25) is 0 Å². The zero-order valence-corrected chi connectivity index (χ0v) is 23.8. The molecule has 2 fully saturated rings. The quantitative estimate of drug-likeness (QED) is 0.374. The Bertz CT molecular complexity index is 1170. The molecule has 2 saturated heterocycles. The lowest BCUT2D eigenvalue weighted by Gasteiger charge is -2.30. The molecule has 2 unspecified atom stereocenters. The zero-order chi connectivity index (χ0) is 29.2. The molecule has 220 valence electrons. The van der Waals surface area contributed by atoms with E-state index >= 15 is 0 Å². The molecule has 41 heavy (non-hydrogen) atoms. The summed E-state index contributed by atoms with van der Waals surface area (Å²) in [7, 11) is 1.31. The minimum absolute atomic E-state index is 0.173. The summed E-state index contributed by atoms with van der Waals surface area (Å²) < 4.78 is 10.4. The fraction of sp³-hybridized carbons (Fsp3) is 0.484. The second-order valence-corrected chi connectivity index (χ2v) is 10.7. The molecule has 2 N–H and O–H groups in total. The third-order valence-electron chi connectivity index (χ3n) is 7.69. The van der Waals surface area contributed by atoms with E-state index in [0.29, 0.717) is 52.0 Å². The molecule has 2 aliphatic rings. The Morgan fingerprint density at radius 1 is 1.00 bits per heavy atom. The van der Waals surface area contributed by atoms with Crippen LogP contribution in [0, 0.1) is 0 Å². The van der Waals surface area contributed by atoms with Crippen molar-refractivity contribution in [2.24, 2.45) is 0 Å². The number of esters is 1. The van der Waals surface area contributed by atoms with E-state index < -0.39 is 30.0 Å². The largest absolute Gasteiger partial charge is 0.467 e. The van der Waals surface area contributed by atoms with Gasteiger partial charge in [-0.1, -0.05) is 60.7 Å². The number of amides is 3. The van der Waals surface area contributed by atoms with Gasteiger partial charge in [0.15, 0.2) is 0 Å². The lowest BCUT2D eigenvalue weighted by molar-refractivity contribution is -0.152. The summed E-state index contributed by atoms with van der Waals surface area (Å²) >= 11 is 0. The SMILES string of the molecule is COC(=O)[C@H](Cc1ccccc1)N1C(=O)C(NC(=O)[C@H](CCc2ccccc2)NC(=O)CN2CCOCC2)CC1C. The highest BCUT2D eigenvalue weighted by Gasteiger charge is 2.45. The zero-order valence-electron chi connectivity index (χ0n) is 23.8. The van der Waals surface area contributed by atoms with Crippen LogP contribution in [-0.4, -0.2) is 97.6 Å². The molecule has 0 spiro atoms. The Morgan fingerprint density at radius 3 is 2.27 bits per heavy atom. The molecule has 3 amide bonds. The van der Waals surface area contributed by atoms with Crippen LogP contribution < -0.4 is 10.6 Å². The van der Waals surface area contributed by atoms with E-state index in [2.05, 4.69) is 10.6 Å². The Kier molecular flexibility index (Phi) is 10.9. The summed E-state index contributed by atoms with van der Waals surface area (Å²) in [6, 6.07) is 16.5. The summed E-state index contributed by atoms with van der Waals surface area (Å²) in [4.78, 5) is 56.3. The smallest absolute Gasteiger partial charge is 0.328 e. The van der Waals surface area contributed by atoms with Crippen LogP contribution in [0.5, 0.6) is 0 Å². The molecule has 0 radical (unpaired) electrons. The van der Waals surface area contributed by atoms with E-state index in [1.807, 2.05) is 72.5 Å². The molecule has 2 aromatic carbocycles. The van der Waals surface area contributed by atoms with Gasteiger partial charge < -0.3 is 25.0 Å². The number of aryl methyl sites for hydroxylation is 1. The number of nitrogens with zero attached hydrogens (tertiary/aromatic N) is 2. The molecule has 2 heterocycles. The first-order valence-electron chi connectivity index (χ1n) is 14.2. The molecule has 2 aliphatic heterocycles. The molecule has 10 nitrogen and oxygen atoms in total. The molecule has 0 aromatic heterocycles. The second kappa shape index (κ2) is 14.7. The van der Waals surface area contributed by atoms with E-state index in [4.69, 9.17) is 9.47 Å². The van der Waals surface area contributed by atoms with Gasteiger partial charge in [0.2, 0.25) is 17.7 Å². The number of carbonyl (C=O) groups is 4. The Hall–Kier alpha value is -3.76. The maximum Gasteiger partial charge on any atom is 0.328 e. The van der Waals surface area contributed by atoms with E-state index in [1.165, 1.54) is 12.0 Å². The normalized spacial score (nSPS) is 20.7. The van der Waals surface area contributed by atoms with Gasteiger partial charge in [0.05, 0.1) is 26.9 Å². The van der Waals surface area contributed by atoms with Gasteiger partial charge in [0, 0.05) is 25.6 Å². The summed E-state index contributed by atoms with van der Waals surface area (Å²) in [5, 5.41) is 5.78. The number of nitrogens with one attached hydrogen (secondary N) is 2. The lowest BCUT2D eigenvalue weighted by atomic mass is 10.0. The van der Waals surface area contributed by atoms with E-state index in [1.54, 1.807) is 0 Å². The van der Waals surface area contributed by atoms with Crippen LogP contribution in [0.4, 0.5) is 0 Å². The van der Waals surface area contributed by atoms with Gasteiger partial charge in [-0.05, 0) is 37.3 Å². The van der Waals surface area contributed by atoms with Crippen LogP contribution in [-0.2, 0) is 41.5 Å². The van der Waals surface area contributed by atoms with E-state index in [0.717, 1.165) is 11.1 Å². The van der Waals surface area contributed by atoms with Gasteiger partial charge in [-0.2, -0.15) is 0 Å². The highest BCUT2D eigenvalue weighted by Crippen LogP contribution is 2.25. The van der Waals surface area contributed by atoms with Crippen molar-refractivity contribution in [3.63, 3.8) is 0 Å². The average Bonchev–Trinajstić information content (AvgIpc) is 3.26. The van der Waals surface area contributed by atoms with Crippen LogP contribution in [0.1, 0.15) is 30.9 Å². The van der Waals surface area contributed by atoms with Crippen LogP contribution in [0.25, 0.3) is 0 Å². The van der Waals surface area contributed by atoms with Crippen LogP contribution in [0.15, 0.2) is 60.7 Å². The van der Waals surface area contributed by atoms with Crippen LogP contribution >= 0.6 is 0 Å². The molecular weight excluding hydrogens is 524 g/mol. The summed E-state index contributed by atoms with van der Waals surface area (Å²) in [5.41, 5.74) is 1.95. The van der Waals surface area contributed by atoms with Crippen molar-refractivity contribution < 1.29 is 28.7 Å². The number of carbonyl (C=O) groups excluding carboxylic acids is 4.